The van der Waals surface area contributed by atoms with Crippen molar-refractivity contribution in [1.29, 1.82) is 0 Å². The second-order valence-corrected chi connectivity index (χ2v) is 7.24. The van der Waals surface area contributed by atoms with Gasteiger partial charge in [0.05, 0.1) is 19.1 Å². The number of aliphatic hydroxyl groups excluding tert-OH is 1. The van der Waals surface area contributed by atoms with Gasteiger partial charge >= 0.3 is 0 Å². The molecule has 4 nitrogen and oxygen atoms in total. The zero-order chi connectivity index (χ0) is 17.6. The molecule has 1 N–H and O–H groups in total. The zero-order valence-electron chi connectivity index (χ0n) is 15.5. The number of rotatable bonds is 10. The van der Waals surface area contributed by atoms with Crippen LogP contribution < -0.4 is 4.74 Å². The van der Waals surface area contributed by atoms with Gasteiger partial charge < -0.3 is 21.7 Å². The Labute approximate surface area is 177 Å². The monoisotopic (exact) mass is 421 g/mol. The fraction of sp³-hybridized carbons (Fsp3) is 0.600. The predicted octanol–water partition coefficient (Wildman–Crippen LogP) is 3.33. The van der Waals surface area contributed by atoms with E-state index in [1.165, 1.54) is 0 Å². The first-order valence-electron chi connectivity index (χ1n) is 8.91. The van der Waals surface area contributed by atoms with Crippen molar-refractivity contribution in [3.05, 3.63) is 36.8 Å². The summed E-state index contributed by atoms with van der Waals surface area (Å²) in [6, 6.07) is 8.06. The molecule has 5 heteroatoms. The summed E-state index contributed by atoms with van der Waals surface area (Å²) < 4.78 is 5.85. The van der Waals surface area contributed by atoms with E-state index < -0.39 is 0 Å². The number of unbranched alkanes of at least 4 members (excludes halogenated alkanes) is 3. The molecule has 0 aliphatic carbocycles. The van der Waals surface area contributed by atoms with Crippen LogP contribution in [0.25, 0.3) is 0 Å². The van der Waals surface area contributed by atoms with Crippen LogP contribution in [0.4, 0.5) is 0 Å². The summed E-state index contributed by atoms with van der Waals surface area (Å²) >= 11 is 0. The van der Waals surface area contributed by atoms with Crippen molar-refractivity contribution in [2.45, 2.75) is 57.4 Å². The number of hydrogen-bond acceptors (Lipinski definition) is 3. The second kappa shape index (κ2) is 10.6. The van der Waals surface area contributed by atoms with Crippen molar-refractivity contribution >= 4 is 5.91 Å². The maximum Gasteiger partial charge on any atom is 0.225 e. The largest absolute Gasteiger partial charge is 0.491 e. The van der Waals surface area contributed by atoms with E-state index in [1.54, 1.807) is 0 Å². The quantitative estimate of drug-likeness (QED) is 0.358. The Morgan fingerprint density at radius 3 is 2.48 bits per heavy atom. The number of likely N-dealkylation sites (tertiary alicyclic amines) is 1. The van der Waals surface area contributed by atoms with Crippen LogP contribution in [0.5, 0.6) is 5.75 Å². The number of carbonyl (C=O) groups excluding carboxylic acids is 1. The van der Waals surface area contributed by atoms with E-state index in [0.717, 1.165) is 43.5 Å². The van der Waals surface area contributed by atoms with Crippen molar-refractivity contribution in [2.24, 2.45) is 0 Å². The number of amides is 1. The van der Waals surface area contributed by atoms with Gasteiger partial charge in [0.25, 0.3) is 0 Å². The molecule has 1 aromatic rings. The second-order valence-electron chi connectivity index (χ2n) is 7.24. The van der Waals surface area contributed by atoms with Crippen molar-refractivity contribution in [1.82, 2.24) is 4.90 Å². The van der Waals surface area contributed by atoms with Gasteiger partial charge in [-0.1, -0.05) is 38.8 Å². The minimum absolute atomic E-state index is 0. The van der Waals surface area contributed by atoms with Crippen molar-refractivity contribution in [3.63, 3.8) is 0 Å². The molecule has 1 aliphatic rings. The van der Waals surface area contributed by atoms with Gasteiger partial charge in [0.1, 0.15) is 12.4 Å². The van der Waals surface area contributed by atoms with Gasteiger partial charge in [0, 0.05) is 44.7 Å². The molecule has 1 fully saturated rings. The van der Waals surface area contributed by atoms with Crippen LogP contribution in [-0.4, -0.2) is 41.7 Å². The number of hydrogen-bond donors (Lipinski definition) is 1. The Morgan fingerprint density at radius 2 is 1.92 bits per heavy atom. The third-order valence-corrected chi connectivity index (χ3v) is 4.79. The van der Waals surface area contributed by atoms with Crippen LogP contribution in [-0.2, 0) is 42.9 Å². The van der Waals surface area contributed by atoms with Gasteiger partial charge in [-0.15, -0.1) is 0 Å². The molecule has 1 saturated heterocycles. The number of ether oxygens (including phenoxy) is 1. The molecule has 1 aromatic carbocycles. The van der Waals surface area contributed by atoms with Crippen molar-refractivity contribution in [2.75, 3.05) is 19.8 Å². The van der Waals surface area contributed by atoms with Crippen LogP contribution in [0, 0.1) is 6.92 Å². The first-order valence-corrected chi connectivity index (χ1v) is 8.91. The number of carbonyl (C=O) groups is 1. The van der Waals surface area contributed by atoms with E-state index in [2.05, 4.69) is 6.92 Å². The molecule has 0 unspecified atom stereocenters. The molecule has 0 bridgehead atoms. The Balaban J connectivity index is 0.00000312. The SMILES string of the molecule is [CH2-]CCCCCN1C(=O)C[C@@H]1COc1ccc(C(C)(C)CO)cc1.[Y]. The number of nitrogens with zero attached hydrogens (tertiary/aromatic N) is 1. The smallest absolute Gasteiger partial charge is 0.225 e. The summed E-state index contributed by atoms with van der Waals surface area (Å²) in [4.78, 5) is 13.7. The average molecular weight is 421 g/mol. The number of aliphatic hydroxyl groups is 1. The van der Waals surface area contributed by atoms with Crippen LogP contribution in [0.1, 0.15) is 51.5 Å². The molecule has 1 radical (unpaired) electrons. The maximum atomic E-state index is 11.7. The molecular weight excluding hydrogens is 391 g/mol. The van der Waals surface area contributed by atoms with Crippen LogP contribution in [0.2, 0.25) is 0 Å². The Kier molecular flexibility index (Phi) is 9.62. The fourth-order valence-corrected chi connectivity index (χ4v) is 2.90. The van der Waals surface area contributed by atoms with Crippen LogP contribution in [0.15, 0.2) is 24.3 Å². The van der Waals surface area contributed by atoms with Gasteiger partial charge in [0.15, 0.2) is 0 Å². The first-order chi connectivity index (χ1) is 11.5. The molecule has 0 saturated carbocycles. The van der Waals surface area contributed by atoms with Gasteiger partial charge in [-0.25, -0.2) is 0 Å². The molecule has 1 amide bonds. The van der Waals surface area contributed by atoms with Crippen LogP contribution >= 0.6 is 0 Å². The van der Waals surface area contributed by atoms with E-state index in [-0.39, 0.29) is 56.7 Å². The van der Waals surface area contributed by atoms with E-state index in [0.29, 0.717) is 13.0 Å². The molecule has 0 aromatic heterocycles. The fourth-order valence-electron chi connectivity index (χ4n) is 2.90. The minimum atomic E-state index is -0.246. The number of β-lactam (4-membered cyclic amide) rings is 1. The topological polar surface area (TPSA) is 49.8 Å². The molecule has 137 valence electrons. The number of benzene rings is 1. The van der Waals surface area contributed by atoms with Gasteiger partial charge in [0.2, 0.25) is 5.91 Å². The zero-order valence-corrected chi connectivity index (χ0v) is 18.4. The van der Waals surface area contributed by atoms with Crippen molar-refractivity contribution < 1.29 is 47.3 Å². The molecule has 1 aliphatic heterocycles. The molecule has 1 atom stereocenters. The molecule has 0 spiro atoms. The van der Waals surface area contributed by atoms with E-state index in [1.807, 2.05) is 43.0 Å². The first kappa shape index (κ1) is 22.6. The van der Waals surface area contributed by atoms with E-state index >= 15 is 0 Å². The molecular formula is C20H30NO3Y-. The Morgan fingerprint density at radius 1 is 1.24 bits per heavy atom. The van der Waals surface area contributed by atoms with Gasteiger partial charge in [-0.3, -0.25) is 4.79 Å². The Bertz CT molecular complexity index is 530. The average Bonchev–Trinajstić information content (AvgIpc) is 2.58. The van der Waals surface area contributed by atoms with E-state index in [4.69, 9.17) is 4.74 Å². The van der Waals surface area contributed by atoms with Gasteiger partial charge in [-0.05, 0) is 24.1 Å². The minimum Gasteiger partial charge on any atom is -0.491 e. The van der Waals surface area contributed by atoms with Crippen molar-refractivity contribution in [3.8, 4) is 5.75 Å². The summed E-state index contributed by atoms with van der Waals surface area (Å²) in [6.07, 6.45) is 4.85. The van der Waals surface area contributed by atoms with E-state index in [9.17, 15) is 9.90 Å². The summed E-state index contributed by atoms with van der Waals surface area (Å²) in [6.45, 7) is 9.35. The third kappa shape index (κ3) is 6.34. The van der Waals surface area contributed by atoms with Gasteiger partial charge in [-0.2, -0.15) is 6.42 Å². The standard InChI is InChI=1S/C20H30NO3.Y/c1-4-5-6-7-12-21-17(13-19(21)23)14-24-18-10-8-16(9-11-18)20(2,3)15-22;/h8-11,17,22H,1,4-7,12-15H2,2-3H3;/q-1;/t17-;/m1./s1. The molecule has 2 rings (SSSR count). The molecule has 1 heterocycles. The summed E-state index contributed by atoms with van der Waals surface area (Å²) in [5, 5.41) is 9.42. The molecule has 25 heavy (non-hydrogen) atoms. The van der Waals surface area contributed by atoms with Crippen LogP contribution in [0.3, 0.4) is 0 Å². The summed E-state index contributed by atoms with van der Waals surface area (Å²) in [5.74, 6) is 1.04. The third-order valence-electron chi connectivity index (χ3n) is 4.79. The predicted molar refractivity (Wildman–Crippen MR) is 96.0 cm³/mol. The normalized spacial score (nSPS) is 17.0. The maximum absolute atomic E-state index is 11.7. The summed E-state index contributed by atoms with van der Waals surface area (Å²) in [7, 11) is 0. The Hall–Kier alpha value is -0.446. The summed E-state index contributed by atoms with van der Waals surface area (Å²) in [5.41, 5.74) is 0.840.